The Hall–Kier alpha value is -2.36. The molecule has 3 rings (SSSR count). The molecule has 2 aromatic carbocycles. The van der Waals surface area contributed by atoms with Crippen molar-refractivity contribution < 1.29 is 9.53 Å². The van der Waals surface area contributed by atoms with Crippen LogP contribution in [0, 0.1) is 0 Å². The summed E-state index contributed by atoms with van der Waals surface area (Å²) in [5, 5.41) is 5.41. The van der Waals surface area contributed by atoms with E-state index in [1.54, 1.807) is 0 Å². The third-order valence-corrected chi connectivity index (χ3v) is 3.27. The van der Waals surface area contributed by atoms with Crippen LogP contribution in [0.5, 0.6) is 0 Å². The molecule has 0 saturated heterocycles. The van der Waals surface area contributed by atoms with Gasteiger partial charge in [0, 0.05) is 5.56 Å². The number of nitrogens with zero attached hydrogens (tertiary/aromatic N) is 1. The van der Waals surface area contributed by atoms with Crippen LogP contribution in [0.2, 0.25) is 0 Å². The third-order valence-electron chi connectivity index (χ3n) is 3.27. The van der Waals surface area contributed by atoms with Gasteiger partial charge in [0.05, 0.1) is 13.7 Å². The number of carbonyl (C=O) groups is 1. The molecule has 0 bridgehead atoms. The number of ether oxygens (including phenoxy) is 1. The first-order valence-electron chi connectivity index (χ1n) is 6.16. The molecule has 1 unspecified atom stereocenters. The Morgan fingerprint density at radius 2 is 2.05 bits per heavy atom. The molecule has 1 heterocycles. The molecule has 0 saturated carbocycles. The summed E-state index contributed by atoms with van der Waals surface area (Å²) in [5.41, 5.74) is 1.02. The summed E-state index contributed by atoms with van der Waals surface area (Å²) in [7, 11) is 1.39. The Bertz CT molecular complexity index is 659. The summed E-state index contributed by atoms with van der Waals surface area (Å²) in [6.45, 7) is 0.422. The van der Waals surface area contributed by atoms with Gasteiger partial charge in [-0.1, -0.05) is 42.5 Å². The number of methoxy groups -OCH3 is 1. The lowest BCUT2D eigenvalue weighted by Crippen LogP contribution is -2.38. The zero-order chi connectivity index (χ0) is 13.2. The van der Waals surface area contributed by atoms with Crippen molar-refractivity contribution in [3.63, 3.8) is 0 Å². The maximum absolute atomic E-state index is 11.5. The number of fused-ring (bicyclic) bond motifs is 1. The van der Waals surface area contributed by atoms with E-state index in [1.165, 1.54) is 7.11 Å². The number of amidine groups is 1. The van der Waals surface area contributed by atoms with E-state index in [-0.39, 0.29) is 12.0 Å². The van der Waals surface area contributed by atoms with Crippen molar-refractivity contribution in [2.24, 2.45) is 4.99 Å². The van der Waals surface area contributed by atoms with Crippen LogP contribution in [-0.2, 0) is 9.53 Å². The Labute approximate surface area is 111 Å². The second-order valence-electron chi connectivity index (χ2n) is 4.44. The second kappa shape index (κ2) is 4.72. The zero-order valence-electron chi connectivity index (χ0n) is 10.6. The van der Waals surface area contributed by atoms with Gasteiger partial charge in [0.2, 0.25) is 0 Å². The van der Waals surface area contributed by atoms with Crippen LogP contribution >= 0.6 is 0 Å². The molecule has 96 valence electrons. The summed E-state index contributed by atoms with van der Waals surface area (Å²) >= 11 is 0. The van der Waals surface area contributed by atoms with Gasteiger partial charge < -0.3 is 10.1 Å². The molecule has 1 aliphatic rings. The fourth-order valence-corrected chi connectivity index (χ4v) is 2.31. The Morgan fingerprint density at radius 1 is 1.26 bits per heavy atom. The predicted molar refractivity (Wildman–Crippen MR) is 74.3 cm³/mol. The van der Waals surface area contributed by atoms with Gasteiger partial charge in [-0.15, -0.1) is 0 Å². The number of nitrogens with one attached hydrogen (secondary N) is 1. The van der Waals surface area contributed by atoms with Gasteiger partial charge in [-0.05, 0) is 10.8 Å². The van der Waals surface area contributed by atoms with Gasteiger partial charge in [-0.2, -0.15) is 0 Å². The highest BCUT2D eigenvalue weighted by atomic mass is 16.5. The molecule has 2 aromatic rings. The predicted octanol–water partition coefficient (Wildman–Crippen LogP) is 1.73. The van der Waals surface area contributed by atoms with Crippen LogP contribution in [-0.4, -0.2) is 31.5 Å². The number of carbonyl (C=O) groups excluding carboxylic acids is 1. The summed E-state index contributed by atoms with van der Waals surface area (Å²) < 4.78 is 4.73. The molecular weight excluding hydrogens is 240 g/mol. The first-order chi connectivity index (χ1) is 9.29. The first kappa shape index (κ1) is 11.7. The number of hydrogen-bond donors (Lipinski definition) is 1. The van der Waals surface area contributed by atoms with Crippen LogP contribution in [0.15, 0.2) is 47.5 Å². The molecule has 1 N–H and O–H groups in total. The van der Waals surface area contributed by atoms with Gasteiger partial charge in [0.25, 0.3) is 0 Å². The molecule has 0 aromatic heterocycles. The normalized spacial score (nSPS) is 17.9. The number of hydrogen-bond acceptors (Lipinski definition) is 4. The monoisotopic (exact) mass is 254 g/mol. The number of rotatable bonds is 2. The van der Waals surface area contributed by atoms with Crippen molar-refractivity contribution in [1.82, 2.24) is 5.32 Å². The summed E-state index contributed by atoms with van der Waals surface area (Å²) in [5.74, 6) is 0.478. The first-order valence-corrected chi connectivity index (χ1v) is 6.16. The molecule has 4 nitrogen and oxygen atoms in total. The molecule has 4 heteroatoms. The Balaban J connectivity index is 1.96. The minimum absolute atomic E-state index is 0.279. The number of esters is 1. The van der Waals surface area contributed by atoms with Crippen molar-refractivity contribution in [3.05, 3.63) is 48.0 Å². The molecule has 0 aliphatic carbocycles. The van der Waals surface area contributed by atoms with Crippen LogP contribution in [0.4, 0.5) is 0 Å². The van der Waals surface area contributed by atoms with Crippen molar-refractivity contribution in [3.8, 4) is 0 Å². The van der Waals surface area contributed by atoms with E-state index >= 15 is 0 Å². The lowest BCUT2D eigenvalue weighted by Gasteiger charge is -2.11. The van der Waals surface area contributed by atoms with Crippen LogP contribution in [0.3, 0.4) is 0 Å². The van der Waals surface area contributed by atoms with E-state index in [9.17, 15) is 4.79 Å². The number of benzene rings is 2. The largest absolute Gasteiger partial charge is 0.467 e. The van der Waals surface area contributed by atoms with E-state index in [0.717, 1.165) is 22.2 Å². The standard InChI is InChI=1S/C15H14N2O2/c1-19-15(18)13-9-16-14(17-13)12-8-4-6-10-5-2-3-7-11(10)12/h2-8,13H,9H2,1H3,(H,16,17). The van der Waals surface area contributed by atoms with Gasteiger partial charge >= 0.3 is 5.97 Å². The average Bonchev–Trinajstić information content (AvgIpc) is 2.95. The lowest BCUT2D eigenvalue weighted by molar-refractivity contribution is -0.142. The fourth-order valence-electron chi connectivity index (χ4n) is 2.31. The van der Waals surface area contributed by atoms with Crippen LogP contribution in [0.25, 0.3) is 10.8 Å². The van der Waals surface area contributed by atoms with Crippen molar-refractivity contribution in [2.75, 3.05) is 13.7 Å². The lowest BCUT2D eigenvalue weighted by atomic mass is 10.0. The Kier molecular flexibility index (Phi) is 2.91. The smallest absolute Gasteiger partial charge is 0.330 e. The summed E-state index contributed by atoms with van der Waals surface area (Å²) in [6.07, 6.45) is 0. The molecular formula is C15H14N2O2. The molecule has 0 fully saturated rings. The molecule has 1 atom stereocenters. The minimum atomic E-state index is -0.376. The highest BCUT2D eigenvalue weighted by Gasteiger charge is 2.26. The maximum Gasteiger partial charge on any atom is 0.330 e. The fraction of sp³-hybridized carbons (Fsp3) is 0.200. The third kappa shape index (κ3) is 2.05. The van der Waals surface area contributed by atoms with Crippen molar-refractivity contribution in [2.45, 2.75) is 6.04 Å². The van der Waals surface area contributed by atoms with E-state index in [1.807, 2.05) is 24.3 Å². The highest BCUT2D eigenvalue weighted by Crippen LogP contribution is 2.20. The second-order valence-corrected chi connectivity index (χ2v) is 4.44. The van der Waals surface area contributed by atoms with E-state index in [0.29, 0.717) is 6.54 Å². The maximum atomic E-state index is 11.5. The average molecular weight is 254 g/mol. The van der Waals surface area contributed by atoms with Crippen LogP contribution in [0.1, 0.15) is 5.56 Å². The SMILES string of the molecule is COC(=O)C1CN=C(c2cccc3ccccc23)N1. The highest BCUT2D eigenvalue weighted by molar-refractivity contribution is 6.11. The summed E-state index contributed by atoms with van der Waals surface area (Å²) in [6, 6.07) is 13.8. The molecule has 1 aliphatic heterocycles. The van der Waals surface area contributed by atoms with Crippen molar-refractivity contribution >= 4 is 22.6 Å². The topological polar surface area (TPSA) is 50.7 Å². The number of aliphatic imine (C=N–C) groups is 1. The van der Waals surface area contributed by atoms with Gasteiger partial charge in [-0.25, -0.2) is 4.79 Å². The molecule has 0 radical (unpaired) electrons. The minimum Gasteiger partial charge on any atom is -0.467 e. The van der Waals surface area contributed by atoms with E-state index in [2.05, 4.69) is 28.5 Å². The molecule has 0 spiro atoms. The van der Waals surface area contributed by atoms with Crippen molar-refractivity contribution in [1.29, 1.82) is 0 Å². The van der Waals surface area contributed by atoms with E-state index in [4.69, 9.17) is 4.74 Å². The van der Waals surface area contributed by atoms with Gasteiger partial charge in [-0.3, -0.25) is 4.99 Å². The summed E-state index contributed by atoms with van der Waals surface area (Å²) in [4.78, 5) is 15.9. The molecule has 0 amide bonds. The molecule has 19 heavy (non-hydrogen) atoms. The van der Waals surface area contributed by atoms with Crippen LogP contribution < -0.4 is 5.32 Å². The van der Waals surface area contributed by atoms with E-state index < -0.39 is 0 Å². The van der Waals surface area contributed by atoms with Gasteiger partial charge in [0.15, 0.2) is 0 Å². The Morgan fingerprint density at radius 3 is 2.89 bits per heavy atom. The van der Waals surface area contributed by atoms with Gasteiger partial charge in [0.1, 0.15) is 11.9 Å². The zero-order valence-corrected chi connectivity index (χ0v) is 10.6. The quantitative estimate of drug-likeness (QED) is 0.830.